The molecule has 93 heavy (non-hydrogen) atoms. The second-order valence-electron chi connectivity index (χ2n) is 32.5. The van der Waals surface area contributed by atoms with Gasteiger partial charge in [-0.15, -0.1) is 0 Å². The molecule has 0 aromatic heterocycles. The van der Waals surface area contributed by atoms with Gasteiger partial charge in [0.2, 0.25) is 5.91 Å². The van der Waals surface area contributed by atoms with Crippen LogP contribution >= 0.6 is 11.6 Å². The Kier molecular flexibility index (Phi) is 32.6. The van der Waals surface area contributed by atoms with E-state index in [4.69, 9.17) is 11.6 Å². The zero-order chi connectivity index (χ0) is 66.3. The number of aryl methyl sites for hydroxylation is 1. The Morgan fingerprint density at radius 3 is 1.87 bits per heavy atom. The first-order valence-electron chi connectivity index (χ1n) is 38.7. The van der Waals surface area contributed by atoms with E-state index in [1.807, 2.05) is 0 Å². The Morgan fingerprint density at radius 2 is 1.20 bits per heavy atom. The lowest BCUT2D eigenvalue weighted by molar-refractivity contribution is -0.138. The van der Waals surface area contributed by atoms with Crippen molar-refractivity contribution in [1.82, 2.24) is 60.0 Å². The van der Waals surface area contributed by atoms with Gasteiger partial charge in [0.05, 0.1) is 16.6 Å². The largest absolute Gasteiger partial charge is 0.417 e. The minimum atomic E-state index is -4.48. The molecule has 0 radical (unpaired) electrons. The molecule has 17 heteroatoms. The quantitative estimate of drug-likeness (QED) is 0.197. The zero-order valence-electron chi connectivity index (χ0n) is 60.8. The Hall–Kier alpha value is -1.67. The number of alkyl halides is 3. The van der Waals surface area contributed by atoms with Crippen molar-refractivity contribution in [2.24, 2.45) is 23.7 Å². The SMILES string of the molecule is CC(C)C[C@H]1CN[C@@H](CC2CCCCC2)CN(C)CCN(C)CCN(C)[C@@H](CC2CCCCC2)CN(C)CCN[C@@H](CCc2ccc(C(F)(F)F)c(Cl)c2)CN2CCC[C@H]2CNC2(CCCC2)CN(C)[C@@H](C2CCCCC2)CN(C)[C@H](C(=O)N2CCCCC2)CCN1C. The van der Waals surface area contributed by atoms with Crippen molar-refractivity contribution in [3.8, 4) is 0 Å². The minimum absolute atomic E-state index is 0.0321. The average Bonchev–Trinajstić information content (AvgIpc) is 2.06. The van der Waals surface area contributed by atoms with E-state index in [1.54, 1.807) is 12.1 Å². The highest BCUT2D eigenvalue weighted by atomic mass is 35.5. The molecule has 536 valence electrons. The van der Waals surface area contributed by atoms with Crippen LogP contribution in [-0.2, 0) is 17.4 Å². The van der Waals surface area contributed by atoms with Gasteiger partial charge >= 0.3 is 6.18 Å². The number of benzene rings is 1. The first-order valence-corrected chi connectivity index (χ1v) is 39.1. The van der Waals surface area contributed by atoms with Gasteiger partial charge in [-0.3, -0.25) is 14.6 Å². The normalized spacial score (nSPS) is 30.5. The van der Waals surface area contributed by atoms with E-state index >= 15 is 4.79 Å². The molecule has 3 saturated heterocycles. The number of amides is 1. The van der Waals surface area contributed by atoms with Gasteiger partial charge in [0.15, 0.2) is 0 Å². The number of fused-ring (bicyclic) bond motifs is 1. The fourth-order valence-corrected chi connectivity index (χ4v) is 18.7. The summed E-state index contributed by atoms with van der Waals surface area (Å²) in [4.78, 5) is 38.6. The number of hydrogen-bond acceptors (Lipinski definition) is 12. The number of carbonyl (C=O) groups excluding carboxylic acids is 1. The van der Waals surface area contributed by atoms with Crippen LogP contribution in [0.2, 0.25) is 5.02 Å². The summed E-state index contributed by atoms with van der Waals surface area (Å²) < 4.78 is 41.6. The van der Waals surface area contributed by atoms with Gasteiger partial charge in [-0.05, 0) is 194 Å². The first-order chi connectivity index (χ1) is 44.7. The van der Waals surface area contributed by atoms with Crippen molar-refractivity contribution in [2.75, 3.05) is 161 Å². The fourth-order valence-electron chi connectivity index (χ4n) is 18.4. The Labute approximate surface area is 571 Å². The van der Waals surface area contributed by atoms with Crippen LogP contribution in [0.4, 0.5) is 13.2 Å². The lowest BCUT2D eigenvalue weighted by atomic mass is 9.82. The van der Waals surface area contributed by atoms with Crippen LogP contribution in [0.25, 0.3) is 0 Å². The molecule has 1 aromatic carbocycles. The number of carbonyl (C=O) groups is 1. The van der Waals surface area contributed by atoms with Gasteiger partial charge < -0.3 is 50.2 Å². The number of nitrogens with zero attached hydrogens (tertiary/aromatic N) is 9. The summed E-state index contributed by atoms with van der Waals surface area (Å²) >= 11 is 6.35. The maximum atomic E-state index is 15.2. The van der Waals surface area contributed by atoms with Gasteiger partial charge in [-0.1, -0.05) is 128 Å². The van der Waals surface area contributed by atoms with Crippen LogP contribution in [0.5, 0.6) is 0 Å². The van der Waals surface area contributed by atoms with Crippen molar-refractivity contribution in [1.29, 1.82) is 0 Å². The molecule has 8 rings (SSSR count). The second kappa shape index (κ2) is 39.4. The van der Waals surface area contributed by atoms with Gasteiger partial charge in [0, 0.05) is 147 Å². The number of likely N-dealkylation sites (tertiary alicyclic amines) is 1. The van der Waals surface area contributed by atoms with Gasteiger partial charge in [0.1, 0.15) is 0 Å². The highest BCUT2D eigenvalue weighted by molar-refractivity contribution is 6.31. The topological polar surface area (TPSA) is 82.3 Å². The summed E-state index contributed by atoms with van der Waals surface area (Å²) in [6.45, 7) is 21.4. The van der Waals surface area contributed by atoms with E-state index < -0.39 is 11.7 Å². The van der Waals surface area contributed by atoms with E-state index in [2.05, 4.69) is 123 Å². The zero-order valence-corrected chi connectivity index (χ0v) is 61.5. The molecule has 1 aromatic rings. The van der Waals surface area contributed by atoms with Gasteiger partial charge in [-0.25, -0.2) is 0 Å². The summed E-state index contributed by atoms with van der Waals surface area (Å²) in [5.74, 6) is 3.12. The molecule has 1 spiro atoms. The molecule has 1 amide bonds. The van der Waals surface area contributed by atoms with E-state index in [0.29, 0.717) is 54.4 Å². The van der Waals surface area contributed by atoms with E-state index in [-0.39, 0.29) is 22.6 Å². The number of likely N-dealkylation sites (N-methyl/N-ethyl adjacent to an activating group) is 7. The molecule has 7 atom stereocenters. The van der Waals surface area contributed by atoms with Crippen molar-refractivity contribution < 1.29 is 18.0 Å². The summed E-state index contributed by atoms with van der Waals surface area (Å²) in [6, 6.07) is 6.46. The van der Waals surface area contributed by atoms with E-state index in [9.17, 15) is 13.2 Å². The third kappa shape index (κ3) is 25.5. The van der Waals surface area contributed by atoms with Crippen molar-refractivity contribution in [3.63, 3.8) is 0 Å². The lowest BCUT2D eigenvalue weighted by Gasteiger charge is -2.45. The highest BCUT2D eigenvalue weighted by Crippen LogP contribution is 2.38. The molecule has 7 fully saturated rings. The molecule has 3 N–H and O–H groups in total. The summed E-state index contributed by atoms with van der Waals surface area (Å²) in [6.07, 6.45) is 32.2. The van der Waals surface area contributed by atoms with Crippen LogP contribution in [0.15, 0.2) is 18.2 Å². The average molecular weight is 1330 g/mol. The third-order valence-corrected chi connectivity index (χ3v) is 24.7. The van der Waals surface area contributed by atoms with Crippen LogP contribution in [-0.4, -0.2) is 258 Å². The summed E-state index contributed by atoms with van der Waals surface area (Å²) in [5, 5.41) is 12.5. The Bertz CT molecular complexity index is 2240. The second-order valence-corrected chi connectivity index (χ2v) is 32.9. The molecule has 4 aliphatic carbocycles. The number of nitrogens with one attached hydrogen (secondary N) is 3. The molecular formula is C76H138ClF3N12O. The molecule has 0 bridgehead atoms. The smallest absolute Gasteiger partial charge is 0.341 e. The van der Waals surface area contributed by atoms with E-state index in [0.717, 1.165) is 161 Å². The maximum absolute atomic E-state index is 15.2. The Balaban J connectivity index is 1.05. The minimum Gasteiger partial charge on any atom is -0.341 e. The predicted octanol–water partition coefficient (Wildman–Crippen LogP) is 12.6. The number of rotatable bonds is 11. The van der Waals surface area contributed by atoms with Crippen molar-refractivity contribution >= 4 is 17.5 Å². The van der Waals surface area contributed by atoms with Crippen LogP contribution in [0.1, 0.15) is 211 Å². The molecule has 13 nitrogen and oxygen atoms in total. The van der Waals surface area contributed by atoms with E-state index in [1.165, 1.54) is 160 Å². The van der Waals surface area contributed by atoms with Crippen LogP contribution < -0.4 is 16.0 Å². The molecule has 0 unspecified atom stereocenters. The maximum Gasteiger partial charge on any atom is 0.417 e. The number of halogens is 4. The fraction of sp³-hybridized carbons (Fsp3) is 0.908. The molecular weight excluding hydrogens is 1190 g/mol. The lowest BCUT2D eigenvalue weighted by Crippen LogP contribution is -2.59. The number of piperidine rings is 1. The Morgan fingerprint density at radius 1 is 0.581 bits per heavy atom. The van der Waals surface area contributed by atoms with Gasteiger partial charge in [-0.2, -0.15) is 13.2 Å². The molecule has 3 heterocycles. The number of hydrogen-bond donors (Lipinski definition) is 3. The molecule has 7 aliphatic rings. The first kappa shape index (κ1) is 77.1. The van der Waals surface area contributed by atoms with Crippen LogP contribution in [0, 0.1) is 23.7 Å². The monoisotopic (exact) mass is 1330 g/mol. The van der Waals surface area contributed by atoms with Gasteiger partial charge in [0.25, 0.3) is 0 Å². The molecule has 4 saturated carbocycles. The van der Waals surface area contributed by atoms with Crippen molar-refractivity contribution in [3.05, 3.63) is 34.3 Å². The van der Waals surface area contributed by atoms with Crippen molar-refractivity contribution in [2.45, 2.75) is 260 Å². The predicted molar refractivity (Wildman–Crippen MR) is 384 cm³/mol. The summed E-state index contributed by atoms with van der Waals surface area (Å²) in [7, 11) is 16.5. The molecule has 3 aliphatic heterocycles. The highest BCUT2D eigenvalue weighted by Gasteiger charge is 2.41. The van der Waals surface area contributed by atoms with Crippen LogP contribution in [0.3, 0.4) is 0 Å². The third-order valence-electron chi connectivity index (χ3n) is 24.4. The standard InChI is InChI=1S/C76H138ClF3N12O/c1-60(2)49-68-53-82-66(50-61-25-14-10-15-26-61)55-86(5)46-45-84(3)47-48-88(7)69(51-62-27-16-11-17-28-62)57-85(4)44-39-81-65(34-32-63-33-35-70(71(77)52-63)76(78,79)80)56-92-42-24-31-67(92)54-83-75(37-20-21-38-75)59-90(9)73(64-29-18-12-19-30-64)58-89(8)72(36-43-87(68)6)74(93)91-40-22-13-23-41-91/h33,35,52,60-62,64-69,72-73,81-83H,10-32,34,36-51,53-59H2,1-9H3/t65-,66-,67-,68-,69-,72-,73+/m0/s1. The summed E-state index contributed by atoms with van der Waals surface area (Å²) in [5.41, 5.74) is 0.128.